The molecule has 4 nitrogen and oxygen atoms in total. The van der Waals surface area contributed by atoms with Crippen LogP contribution in [0.25, 0.3) is 0 Å². The Labute approximate surface area is 78.6 Å². The maximum Gasteiger partial charge on any atom is 0.535 e. The summed E-state index contributed by atoms with van der Waals surface area (Å²) in [6.07, 6.45) is -3.56. The van der Waals surface area contributed by atoms with Crippen LogP contribution >= 0.6 is 0 Å². The van der Waals surface area contributed by atoms with Crippen LogP contribution in [0.3, 0.4) is 0 Å². The van der Waals surface area contributed by atoms with Gasteiger partial charge in [-0.05, 0) is 12.1 Å². The maximum atomic E-state index is 12.6. The van der Waals surface area contributed by atoms with Gasteiger partial charge in [-0.25, -0.2) is 0 Å². The van der Waals surface area contributed by atoms with Gasteiger partial charge >= 0.3 is 6.29 Å². The quantitative estimate of drug-likeness (QED) is 0.534. The number of alkyl halides is 2. The Morgan fingerprint density at radius 3 is 2.93 bits per heavy atom. The lowest BCUT2D eigenvalue weighted by atomic mass is 10.1. The number of fused-ring (bicyclic) bond motifs is 1. The lowest BCUT2D eigenvalue weighted by molar-refractivity contribution is -0.367. The van der Waals surface area contributed by atoms with Crippen molar-refractivity contribution in [1.29, 1.82) is 0 Å². The summed E-state index contributed by atoms with van der Waals surface area (Å²) >= 11 is 0. The number of halogens is 2. The van der Waals surface area contributed by atoms with Gasteiger partial charge in [-0.2, -0.15) is 0 Å². The molecule has 76 valence electrons. The van der Waals surface area contributed by atoms with Crippen LogP contribution in [0.2, 0.25) is 0 Å². The van der Waals surface area contributed by atoms with Gasteiger partial charge in [0, 0.05) is 5.56 Å². The largest absolute Gasteiger partial charge is 0.535 e. The molecule has 0 saturated heterocycles. The molecule has 1 aliphatic heterocycles. The van der Waals surface area contributed by atoms with Crippen molar-refractivity contribution < 1.29 is 18.3 Å². The number of hydrazine groups is 1. The van der Waals surface area contributed by atoms with Crippen LogP contribution < -0.4 is 16.0 Å². The first-order valence-corrected chi connectivity index (χ1v) is 3.92. The van der Waals surface area contributed by atoms with Crippen LogP contribution in [0.4, 0.5) is 14.5 Å². The lowest BCUT2D eigenvalue weighted by Crippen LogP contribution is -2.32. The van der Waals surface area contributed by atoms with Crippen molar-refractivity contribution in [2.24, 2.45) is 5.84 Å². The topological polar surface area (TPSA) is 56.5 Å². The first-order chi connectivity index (χ1) is 6.62. The van der Waals surface area contributed by atoms with Gasteiger partial charge in [0.05, 0.1) is 12.3 Å². The van der Waals surface area contributed by atoms with Crippen LogP contribution in [0.15, 0.2) is 18.2 Å². The highest BCUT2D eigenvalue weighted by Gasteiger charge is 2.39. The average molecular weight is 202 g/mol. The molecule has 0 amide bonds. The fraction of sp³-hybridized carbons (Fsp3) is 0.250. The molecule has 0 fully saturated rings. The number of hydrogen-bond acceptors (Lipinski definition) is 4. The number of nitrogen functional groups attached to an aromatic ring is 1. The Bertz CT molecular complexity index is 357. The highest BCUT2D eigenvalue weighted by molar-refractivity contribution is 5.57. The SMILES string of the molecule is NNc1cccc2c1COC(F)(F)O2. The lowest BCUT2D eigenvalue weighted by Gasteiger charge is -2.25. The van der Waals surface area contributed by atoms with Crippen LogP contribution in [0, 0.1) is 0 Å². The minimum absolute atomic E-state index is 0.0803. The zero-order valence-corrected chi connectivity index (χ0v) is 7.09. The Morgan fingerprint density at radius 2 is 2.21 bits per heavy atom. The van der Waals surface area contributed by atoms with E-state index in [1.807, 2.05) is 0 Å². The molecule has 0 unspecified atom stereocenters. The minimum Gasteiger partial charge on any atom is -0.409 e. The van der Waals surface area contributed by atoms with E-state index in [4.69, 9.17) is 5.84 Å². The van der Waals surface area contributed by atoms with Crippen molar-refractivity contribution in [3.8, 4) is 5.75 Å². The van der Waals surface area contributed by atoms with Gasteiger partial charge in [0.15, 0.2) is 0 Å². The zero-order valence-electron chi connectivity index (χ0n) is 7.09. The normalized spacial score (nSPS) is 18.2. The summed E-state index contributed by atoms with van der Waals surface area (Å²) < 4.78 is 33.7. The molecule has 1 aromatic carbocycles. The minimum atomic E-state index is -3.56. The molecule has 1 aliphatic rings. The Hall–Kier alpha value is -1.40. The van der Waals surface area contributed by atoms with E-state index in [1.165, 1.54) is 6.07 Å². The molecule has 0 radical (unpaired) electrons. The first-order valence-electron chi connectivity index (χ1n) is 3.92. The standard InChI is InChI=1S/C8H8F2N2O2/c9-8(10)13-4-5-6(12-11)2-1-3-7(5)14-8/h1-3,12H,4,11H2. The molecule has 6 heteroatoms. The fourth-order valence-corrected chi connectivity index (χ4v) is 1.26. The summed E-state index contributed by atoms with van der Waals surface area (Å²) in [5.74, 6) is 5.27. The molecule has 0 spiro atoms. The summed E-state index contributed by atoms with van der Waals surface area (Å²) in [7, 11) is 0. The van der Waals surface area contributed by atoms with E-state index in [-0.39, 0.29) is 12.4 Å². The van der Waals surface area contributed by atoms with E-state index in [0.717, 1.165) is 0 Å². The van der Waals surface area contributed by atoms with Gasteiger partial charge < -0.3 is 10.2 Å². The molecular weight excluding hydrogens is 194 g/mol. The molecule has 0 aliphatic carbocycles. The van der Waals surface area contributed by atoms with Gasteiger partial charge in [-0.15, -0.1) is 8.78 Å². The molecule has 0 bridgehead atoms. The molecule has 0 atom stereocenters. The van der Waals surface area contributed by atoms with E-state index < -0.39 is 6.29 Å². The van der Waals surface area contributed by atoms with Crippen molar-refractivity contribution in [2.75, 3.05) is 5.43 Å². The summed E-state index contributed by atoms with van der Waals surface area (Å²) in [6.45, 7) is -0.233. The number of anilines is 1. The number of nitrogens with two attached hydrogens (primary N) is 1. The monoisotopic (exact) mass is 202 g/mol. The van der Waals surface area contributed by atoms with Crippen molar-refractivity contribution in [3.63, 3.8) is 0 Å². The van der Waals surface area contributed by atoms with Gasteiger partial charge in [0.2, 0.25) is 0 Å². The van der Waals surface area contributed by atoms with Gasteiger partial charge in [-0.3, -0.25) is 10.6 Å². The molecular formula is C8H8F2N2O2. The van der Waals surface area contributed by atoms with Crippen LogP contribution in [-0.4, -0.2) is 6.29 Å². The summed E-state index contributed by atoms with van der Waals surface area (Å²) in [5.41, 5.74) is 3.38. The zero-order chi connectivity index (χ0) is 10.2. The molecule has 0 aromatic heterocycles. The number of rotatable bonds is 1. The summed E-state index contributed by atoms with van der Waals surface area (Å²) in [6, 6.07) is 4.65. The van der Waals surface area contributed by atoms with Crippen molar-refractivity contribution >= 4 is 5.69 Å². The van der Waals surface area contributed by atoms with Crippen LogP contribution in [-0.2, 0) is 11.3 Å². The molecule has 1 heterocycles. The van der Waals surface area contributed by atoms with E-state index in [0.29, 0.717) is 11.3 Å². The van der Waals surface area contributed by atoms with E-state index in [1.54, 1.807) is 12.1 Å². The highest BCUT2D eigenvalue weighted by atomic mass is 19.3. The molecule has 2 rings (SSSR count). The van der Waals surface area contributed by atoms with Gasteiger partial charge in [-0.1, -0.05) is 6.07 Å². The second-order valence-corrected chi connectivity index (χ2v) is 2.78. The predicted molar refractivity (Wildman–Crippen MR) is 44.6 cm³/mol. The Balaban J connectivity index is 2.40. The summed E-state index contributed by atoms with van der Waals surface area (Å²) in [4.78, 5) is 0. The fourth-order valence-electron chi connectivity index (χ4n) is 1.26. The third-order valence-electron chi connectivity index (χ3n) is 1.90. The number of benzene rings is 1. The van der Waals surface area contributed by atoms with E-state index in [2.05, 4.69) is 14.9 Å². The molecule has 0 saturated carbocycles. The second-order valence-electron chi connectivity index (χ2n) is 2.78. The van der Waals surface area contributed by atoms with Crippen molar-refractivity contribution in [1.82, 2.24) is 0 Å². The highest BCUT2D eigenvalue weighted by Crippen LogP contribution is 2.36. The smallest absolute Gasteiger partial charge is 0.409 e. The molecule has 1 aromatic rings. The van der Waals surface area contributed by atoms with Crippen molar-refractivity contribution in [2.45, 2.75) is 12.9 Å². The number of hydrogen-bond donors (Lipinski definition) is 2. The average Bonchev–Trinajstić information content (AvgIpc) is 2.15. The van der Waals surface area contributed by atoms with E-state index in [9.17, 15) is 8.78 Å². The third-order valence-corrected chi connectivity index (χ3v) is 1.90. The Morgan fingerprint density at radius 1 is 1.43 bits per heavy atom. The molecule has 14 heavy (non-hydrogen) atoms. The van der Waals surface area contributed by atoms with Crippen LogP contribution in [0.1, 0.15) is 5.56 Å². The number of nitrogens with one attached hydrogen (secondary N) is 1. The maximum absolute atomic E-state index is 12.6. The second kappa shape index (κ2) is 3.07. The molecule has 3 N–H and O–H groups in total. The number of ether oxygens (including phenoxy) is 2. The summed E-state index contributed by atoms with van der Waals surface area (Å²) in [5, 5.41) is 0. The first kappa shape index (κ1) is 9.17. The van der Waals surface area contributed by atoms with Crippen LogP contribution in [0.5, 0.6) is 5.75 Å². The van der Waals surface area contributed by atoms with Gasteiger partial charge in [0.1, 0.15) is 5.75 Å². The Kier molecular flexibility index (Phi) is 2.01. The predicted octanol–water partition coefficient (Wildman–Crippen LogP) is 1.43. The third kappa shape index (κ3) is 1.49. The van der Waals surface area contributed by atoms with Gasteiger partial charge in [0.25, 0.3) is 0 Å². The van der Waals surface area contributed by atoms with E-state index >= 15 is 0 Å². The van der Waals surface area contributed by atoms with Crippen molar-refractivity contribution in [3.05, 3.63) is 23.8 Å².